The van der Waals surface area contributed by atoms with Gasteiger partial charge in [0.25, 0.3) is 0 Å². The Morgan fingerprint density at radius 2 is 2.44 bits per heavy atom. The summed E-state index contributed by atoms with van der Waals surface area (Å²) in [5, 5.41) is 13.9. The maximum atomic E-state index is 12.4. The van der Waals surface area contributed by atoms with E-state index in [0.717, 1.165) is 0 Å². The maximum absolute atomic E-state index is 12.4. The van der Waals surface area contributed by atoms with Gasteiger partial charge in [0.05, 0.1) is 5.69 Å². The monoisotopic (exact) mass is 125 g/mol. The van der Waals surface area contributed by atoms with E-state index < -0.39 is 5.82 Å². The van der Waals surface area contributed by atoms with Crippen molar-refractivity contribution < 1.29 is 4.39 Å². The highest BCUT2D eigenvalue weighted by molar-refractivity contribution is 5.23. The standard InChI is InChI=1S/C5H4FN3/c1-3-5(6)4(2-7)9-8-3/h1H3,(H,8,9). The Balaban J connectivity index is 3.24. The van der Waals surface area contributed by atoms with Crippen LogP contribution in [0.4, 0.5) is 4.39 Å². The van der Waals surface area contributed by atoms with E-state index in [1.807, 2.05) is 0 Å². The lowest BCUT2D eigenvalue weighted by Crippen LogP contribution is -1.77. The second-order valence-electron chi connectivity index (χ2n) is 1.62. The van der Waals surface area contributed by atoms with Crippen LogP contribution in [0.1, 0.15) is 11.4 Å². The molecule has 0 amide bonds. The molecule has 0 aliphatic rings. The molecular formula is C5H4FN3. The minimum Gasteiger partial charge on any atom is -0.278 e. The normalized spacial score (nSPS) is 9.00. The molecule has 0 aliphatic heterocycles. The Morgan fingerprint density at radius 1 is 1.78 bits per heavy atom. The third kappa shape index (κ3) is 0.765. The molecule has 46 valence electrons. The van der Waals surface area contributed by atoms with E-state index in [-0.39, 0.29) is 5.69 Å². The first-order valence-corrected chi connectivity index (χ1v) is 2.36. The average molecular weight is 125 g/mol. The number of H-pyrrole nitrogens is 1. The van der Waals surface area contributed by atoms with Gasteiger partial charge in [0, 0.05) is 0 Å². The van der Waals surface area contributed by atoms with Crippen molar-refractivity contribution in [2.45, 2.75) is 6.92 Å². The van der Waals surface area contributed by atoms with Gasteiger partial charge in [0.2, 0.25) is 0 Å². The fourth-order valence-corrected chi connectivity index (χ4v) is 0.490. The van der Waals surface area contributed by atoms with E-state index in [0.29, 0.717) is 5.69 Å². The van der Waals surface area contributed by atoms with Crippen molar-refractivity contribution in [2.24, 2.45) is 0 Å². The molecule has 1 aromatic rings. The van der Waals surface area contributed by atoms with E-state index in [9.17, 15) is 4.39 Å². The van der Waals surface area contributed by atoms with Crippen LogP contribution < -0.4 is 0 Å². The molecule has 1 N–H and O–H groups in total. The van der Waals surface area contributed by atoms with E-state index in [1.54, 1.807) is 6.07 Å². The number of aromatic nitrogens is 2. The highest BCUT2D eigenvalue weighted by atomic mass is 19.1. The molecule has 1 heterocycles. The lowest BCUT2D eigenvalue weighted by molar-refractivity contribution is 0.615. The average Bonchev–Trinajstić information content (AvgIpc) is 2.15. The second-order valence-corrected chi connectivity index (χ2v) is 1.62. The molecule has 4 heteroatoms. The summed E-state index contributed by atoms with van der Waals surface area (Å²) in [6.07, 6.45) is 0. The molecule has 0 saturated carbocycles. The highest BCUT2D eigenvalue weighted by Crippen LogP contribution is 2.04. The first kappa shape index (κ1) is 5.76. The number of nitrogens with one attached hydrogen (secondary N) is 1. The molecule has 0 aliphatic carbocycles. The molecule has 0 bridgehead atoms. The number of hydrogen-bond acceptors (Lipinski definition) is 2. The maximum Gasteiger partial charge on any atom is 0.198 e. The molecule has 0 saturated heterocycles. The third-order valence-electron chi connectivity index (χ3n) is 0.978. The minimum absolute atomic E-state index is 0.174. The van der Waals surface area contributed by atoms with Gasteiger partial charge in [0.1, 0.15) is 6.07 Å². The fraction of sp³-hybridized carbons (Fsp3) is 0.200. The van der Waals surface area contributed by atoms with Crippen molar-refractivity contribution in [1.82, 2.24) is 10.2 Å². The number of nitriles is 1. The molecule has 3 nitrogen and oxygen atoms in total. The Morgan fingerprint density at radius 3 is 2.67 bits per heavy atom. The van der Waals surface area contributed by atoms with Crippen LogP contribution in [0.15, 0.2) is 0 Å². The van der Waals surface area contributed by atoms with E-state index in [2.05, 4.69) is 10.2 Å². The number of aromatic amines is 1. The molecule has 1 aromatic heterocycles. The van der Waals surface area contributed by atoms with Crippen molar-refractivity contribution in [3.8, 4) is 6.07 Å². The summed E-state index contributed by atoms with van der Waals surface area (Å²) in [7, 11) is 0. The summed E-state index contributed by atoms with van der Waals surface area (Å²) in [6, 6.07) is 1.60. The molecule has 0 atom stereocenters. The number of aryl methyl sites for hydroxylation is 1. The SMILES string of the molecule is Cc1[nH]nc(C#N)c1F. The Hall–Kier alpha value is -1.37. The number of halogens is 1. The second kappa shape index (κ2) is 1.86. The van der Waals surface area contributed by atoms with Gasteiger partial charge < -0.3 is 0 Å². The van der Waals surface area contributed by atoms with Crippen LogP contribution in [0, 0.1) is 24.1 Å². The van der Waals surface area contributed by atoms with Crippen LogP contribution in [0.25, 0.3) is 0 Å². The third-order valence-corrected chi connectivity index (χ3v) is 0.978. The van der Waals surface area contributed by atoms with Gasteiger partial charge in [-0.1, -0.05) is 0 Å². The van der Waals surface area contributed by atoms with Crippen LogP contribution >= 0.6 is 0 Å². The summed E-state index contributed by atoms with van der Waals surface area (Å²) in [5.74, 6) is -0.558. The fourth-order valence-electron chi connectivity index (χ4n) is 0.490. The van der Waals surface area contributed by atoms with E-state index >= 15 is 0 Å². The van der Waals surface area contributed by atoms with Gasteiger partial charge in [0.15, 0.2) is 11.5 Å². The van der Waals surface area contributed by atoms with E-state index in [4.69, 9.17) is 5.26 Å². The first-order chi connectivity index (χ1) is 4.25. The number of hydrogen-bond donors (Lipinski definition) is 1. The minimum atomic E-state index is -0.558. The van der Waals surface area contributed by atoms with Crippen molar-refractivity contribution in [1.29, 1.82) is 5.26 Å². The molecule has 0 aromatic carbocycles. The number of rotatable bonds is 0. The summed E-state index contributed by atoms with van der Waals surface area (Å²) in [6.45, 7) is 1.52. The lowest BCUT2D eigenvalue weighted by Gasteiger charge is -1.77. The summed E-state index contributed by atoms with van der Waals surface area (Å²) >= 11 is 0. The zero-order chi connectivity index (χ0) is 6.85. The topological polar surface area (TPSA) is 52.5 Å². The van der Waals surface area contributed by atoms with Crippen LogP contribution in [0.3, 0.4) is 0 Å². The van der Waals surface area contributed by atoms with Crippen LogP contribution in [-0.2, 0) is 0 Å². The van der Waals surface area contributed by atoms with E-state index in [1.165, 1.54) is 6.92 Å². The highest BCUT2D eigenvalue weighted by Gasteiger charge is 2.06. The molecule has 9 heavy (non-hydrogen) atoms. The van der Waals surface area contributed by atoms with Crippen molar-refractivity contribution >= 4 is 0 Å². The summed E-state index contributed by atoms with van der Waals surface area (Å²) < 4.78 is 12.4. The molecule has 0 unspecified atom stereocenters. The van der Waals surface area contributed by atoms with Gasteiger partial charge in [-0.2, -0.15) is 10.4 Å². The molecular weight excluding hydrogens is 121 g/mol. The predicted molar refractivity (Wildman–Crippen MR) is 28.0 cm³/mol. The summed E-state index contributed by atoms with van der Waals surface area (Å²) in [5.41, 5.74) is 0.124. The zero-order valence-corrected chi connectivity index (χ0v) is 4.77. The Kier molecular flexibility index (Phi) is 1.19. The predicted octanol–water partition coefficient (Wildman–Crippen LogP) is 0.729. The van der Waals surface area contributed by atoms with Crippen molar-refractivity contribution in [2.75, 3.05) is 0 Å². The molecule has 0 fully saturated rings. The quantitative estimate of drug-likeness (QED) is 0.555. The van der Waals surface area contributed by atoms with Gasteiger partial charge in [-0.3, -0.25) is 5.10 Å². The Labute approximate surface area is 51.1 Å². The summed E-state index contributed by atoms with van der Waals surface area (Å²) in [4.78, 5) is 0. The molecule has 1 rings (SSSR count). The lowest BCUT2D eigenvalue weighted by atomic mass is 10.4. The number of nitrogens with zero attached hydrogens (tertiary/aromatic N) is 2. The Bertz CT molecular complexity index is 258. The van der Waals surface area contributed by atoms with Gasteiger partial charge in [-0.25, -0.2) is 4.39 Å². The van der Waals surface area contributed by atoms with Crippen LogP contribution in [-0.4, -0.2) is 10.2 Å². The van der Waals surface area contributed by atoms with Crippen molar-refractivity contribution in [3.05, 3.63) is 17.2 Å². The van der Waals surface area contributed by atoms with Gasteiger partial charge in [-0.15, -0.1) is 0 Å². The van der Waals surface area contributed by atoms with Gasteiger partial charge in [-0.05, 0) is 6.92 Å². The van der Waals surface area contributed by atoms with Crippen molar-refractivity contribution in [3.63, 3.8) is 0 Å². The van der Waals surface area contributed by atoms with Crippen LogP contribution in [0.5, 0.6) is 0 Å². The smallest absolute Gasteiger partial charge is 0.198 e. The molecule has 0 spiro atoms. The molecule has 0 radical (unpaired) electrons. The van der Waals surface area contributed by atoms with Crippen LogP contribution in [0.2, 0.25) is 0 Å². The zero-order valence-electron chi connectivity index (χ0n) is 4.77. The first-order valence-electron chi connectivity index (χ1n) is 2.36. The van der Waals surface area contributed by atoms with Gasteiger partial charge >= 0.3 is 0 Å². The largest absolute Gasteiger partial charge is 0.278 e.